The van der Waals surface area contributed by atoms with Crippen molar-refractivity contribution >= 4 is 17.7 Å². The minimum absolute atomic E-state index is 0.0416. The van der Waals surface area contributed by atoms with E-state index in [0.29, 0.717) is 17.7 Å². The molecule has 0 saturated heterocycles. The molecule has 1 aromatic heterocycles. The smallest absolute Gasteiger partial charge is 0.277 e. The van der Waals surface area contributed by atoms with E-state index in [0.717, 1.165) is 22.6 Å². The molecule has 146 valence electrons. The fourth-order valence-electron chi connectivity index (χ4n) is 2.53. The molecule has 3 aromatic rings. The third-order valence-electron chi connectivity index (χ3n) is 4.09. The van der Waals surface area contributed by atoms with Crippen LogP contribution in [0.15, 0.2) is 58.2 Å². The molecule has 1 amide bonds. The van der Waals surface area contributed by atoms with Crippen LogP contribution in [0.2, 0.25) is 0 Å². The van der Waals surface area contributed by atoms with Crippen molar-refractivity contribution in [3.63, 3.8) is 0 Å². The molecule has 0 bridgehead atoms. The summed E-state index contributed by atoms with van der Waals surface area (Å²) in [5, 5.41) is 8.39. The van der Waals surface area contributed by atoms with Crippen LogP contribution in [-0.4, -0.2) is 48.0 Å². The molecule has 0 spiro atoms. The zero-order chi connectivity index (χ0) is 19.9. The van der Waals surface area contributed by atoms with Gasteiger partial charge in [-0.1, -0.05) is 30.0 Å². The number of benzene rings is 2. The van der Waals surface area contributed by atoms with Crippen LogP contribution in [-0.2, 0) is 11.3 Å². The summed E-state index contributed by atoms with van der Waals surface area (Å²) in [6.07, 6.45) is 0. The minimum Gasteiger partial charge on any atom is -0.497 e. The molecule has 0 unspecified atom stereocenters. The van der Waals surface area contributed by atoms with Gasteiger partial charge in [0.1, 0.15) is 11.5 Å². The molecule has 0 aliphatic heterocycles. The summed E-state index contributed by atoms with van der Waals surface area (Å²) in [6, 6.07) is 15.0. The second-order valence-corrected chi connectivity index (χ2v) is 6.88. The van der Waals surface area contributed by atoms with Crippen molar-refractivity contribution in [2.24, 2.45) is 0 Å². The second-order valence-electron chi connectivity index (χ2n) is 5.95. The largest absolute Gasteiger partial charge is 0.497 e. The first-order valence-electron chi connectivity index (χ1n) is 8.57. The van der Waals surface area contributed by atoms with Crippen molar-refractivity contribution in [3.05, 3.63) is 54.1 Å². The van der Waals surface area contributed by atoms with Gasteiger partial charge in [-0.2, -0.15) is 0 Å². The molecule has 0 aliphatic carbocycles. The van der Waals surface area contributed by atoms with Crippen LogP contribution in [0.25, 0.3) is 11.5 Å². The molecule has 1 heterocycles. The number of thioether (sulfide) groups is 1. The minimum atomic E-state index is -0.0416. The quantitative estimate of drug-likeness (QED) is 0.537. The van der Waals surface area contributed by atoms with Crippen LogP contribution in [0.3, 0.4) is 0 Å². The van der Waals surface area contributed by atoms with Crippen molar-refractivity contribution in [1.82, 2.24) is 15.1 Å². The van der Waals surface area contributed by atoms with E-state index < -0.39 is 0 Å². The number of rotatable bonds is 8. The lowest BCUT2D eigenvalue weighted by Gasteiger charge is -2.18. The summed E-state index contributed by atoms with van der Waals surface area (Å²) in [5.74, 6) is 2.08. The summed E-state index contributed by atoms with van der Waals surface area (Å²) in [5.41, 5.74) is 1.74. The topological polar surface area (TPSA) is 77.7 Å². The van der Waals surface area contributed by atoms with E-state index in [9.17, 15) is 4.79 Å². The summed E-state index contributed by atoms with van der Waals surface area (Å²) in [7, 11) is 4.98. The lowest BCUT2D eigenvalue weighted by atomic mass is 10.2. The summed E-state index contributed by atoms with van der Waals surface area (Å²) in [4.78, 5) is 14.1. The van der Waals surface area contributed by atoms with Gasteiger partial charge in [0.25, 0.3) is 5.22 Å². The fourth-order valence-corrected chi connectivity index (χ4v) is 3.23. The SMILES string of the molecule is COc1ccc(-c2nnc(SCC(=O)N(C)Cc3ccccc3OC)o2)cc1. The zero-order valence-electron chi connectivity index (χ0n) is 15.9. The lowest BCUT2D eigenvalue weighted by molar-refractivity contribution is -0.127. The van der Waals surface area contributed by atoms with Gasteiger partial charge in [-0.3, -0.25) is 4.79 Å². The van der Waals surface area contributed by atoms with Crippen molar-refractivity contribution < 1.29 is 18.7 Å². The van der Waals surface area contributed by atoms with E-state index in [1.165, 1.54) is 11.8 Å². The highest BCUT2D eigenvalue weighted by molar-refractivity contribution is 7.99. The summed E-state index contributed by atoms with van der Waals surface area (Å²) >= 11 is 1.21. The Kier molecular flexibility index (Phi) is 6.54. The number of para-hydroxylation sites is 1. The summed E-state index contributed by atoms with van der Waals surface area (Å²) in [6.45, 7) is 0.463. The van der Waals surface area contributed by atoms with Crippen LogP contribution >= 0.6 is 11.8 Å². The molecule has 0 radical (unpaired) electrons. The van der Waals surface area contributed by atoms with Gasteiger partial charge in [0.2, 0.25) is 11.8 Å². The number of nitrogens with zero attached hydrogens (tertiary/aromatic N) is 3. The van der Waals surface area contributed by atoms with E-state index in [-0.39, 0.29) is 11.7 Å². The molecule has 3 rings (SSSR count). The van der Waals surface area contributed by atoms with Crippen LogP contribution in [0, 0.1) is 0 Å². The molecule has 0 atom stereocenters. The first kappa shape index (κ1) is 19.8. The van der Waals surface area contributed by atoms with E-state index in [1.54, 1.807) is 26.2 Å². The molecular weight excluding hydrogens is 378 g/mol. The standard InChI is InChI=1S/C20H21N3O4S/c1-23(12-15-6-4-5-7-17(15)26-3)18(24)13-28-20-22-21-19(27-20)14-8-10-16(25-2)11-9-14/h4-11H,12-13H2,1-3H3. The third kappa shape index (κ3) is 4.83. The molecule has 2 aromatic carbocycles. The zero-order valence-corrected chi connectivity index (χ0v) is 16.7. The Hall–Kier alpha value is -3.00. The third-order valence-corrected chi connectivity index (χ3v) is 4.89. The number of carbonyl (C=O) groups is 1. The number of hydrogen-bond donors (Lipinski definition) is 0. The first-order valence-corrected chi connectivity index (χ1v) is 9.56. The highest BCUT2D eigenvalue weighted by Gasteiger charge is 2.15. The number of carbonyl (C=O) groups excluding carboxylic acids is 1. The van der Waals surface area contributed by atoms with Gasteiger partial charge < -0.3 is 18.8 Å². The fraction of sp³-hybridized carbons (Fsp3) is 0.250. The Bertz CT molecular complexity index is 927. The van der Waals surface area contributed by atoms with Crippen LogP contribution < -0.4 is 9.47 Å². The molecule has 28 heavy (non-hydrogen) atoms. The Morgan fingerprint density at radius 2 is 1.82 bits per heavy atom. The second kappa shape index (κ2) is 9.27. The van der Waals surface area contributed by atoms with E-state index in [1.807, 2.05) is 48.5 Å². The lowest BCUT2D eigenvalue weighted by Crippen LogP contribution is -2.28. The van der Waals surface area contributed by atoms with Crippen LogP contribution in [0.5, 0.6) is 11.5 Å². The van der Waals surface area contributed by atoms with Gasteiger partial charge in [0.05, 0.1) is 20.0 Å². The Morgan fingerprint density at radius 1 is 1.07 bits per heavy atom. The maximum absolute atomic E-state index is 12.4. The average Bonchev–Trinajstić information content (AvgIpc) is 3.21. The number of methoxy groups -OCH3 is 2. The van der Waals surface area contributed by atoms with Crippen molar-refractivity contribution in [2.75, 3.05) is 27.0 Å². The predicted molar refractivity (Wildman–Crippen MR) is 106 cm³/mol. The highest BCUT2D eigenvalue weighted by Crippen LogP contribution is 2.25. The number of aromatic nitrogens is 2. The van der Waals surface area contributed by atoms with Gasteiger partial charge in [-0.15, -0.1) is 10.2 Å². The van der Waals surface area contributed by atoms with Crippen molar-refractivity contribution in [3.8, 4) is 23.0 Å². The van der Waals surface area contributed by atoms with Crippen molar-refractivity contribution in [1.29, 1.82) is 0 Å². The number of amides is 1. The maximum Gasteiger partial charge on any atom is 0.277 e. The normalized spacial score (nSPS) is 10.5. The van der Waals surface area contributed by atoms with Crippen LogP contribution in [0.4, 0.5) is 0 Å². The molecule has 0 fully saturated rings. The Morgan fingerprint density at radius 3 is 2.54 bits per heavy atom. The molecule has 8 heteroatoms. The molecule has 0 aliphatic rings. The maximum atomic E-state index is 12.4. The molecule has 0 saturated carbocycles. The van der Waals surface area contributed by atoms with E-state index in [4.69, 9.17) is 13.9 Å². The van der Waals surface area contributed by atoms with Gasteiger partial charge in [0, 0.05) is 24.7 Å². The van der Waals surface area contributed by atoms with Gasteiger partial charge >= 0.3 is 0 Å². The molecular formula is C20H21N3O4S. The monoisotopic (exact) mass is 399 g/mol. The van der Waals surface area contributed by atoms with E-state index in [2.05, 4.69) is 10.2 Å². The Balaban J connectivity index is 1.56. The summed E-state index contributed by atoms with van der Waals surface area (Å²) < 4.78 is 16.1. The molecule has 7 nitrogen and oxygen atoms in total. The van der Waals surface area contributed by atoms with Crippen LogP contribution in [0.1, 0.15) is 5.56 Å². The van der Waals surface area contributed by atoms with Gasteiger partial charge in [0.15, 0.2) is 0 Å². The highest BCUT2D eigenvalue weighted by atomic mass is 32.2. The predicted octanol–water partition coefficient (Wildman–Crippen LogP) is 3.50. The van der Waals surface area contributed by atoms with Gasteiger partial charge in [-0.05, 0) is 30.3 Å². The van der Waals surface area contributed by atoms with Crippen molar-refractivity contribution in [2.45, 2.75) is 11.8 Å². The Labute approximate surface area is 167 Å². The molecule has 0 N–H and O–H groups in total. The average molecular weight is 399 g/mol. The van der Waals surface area contributed by atoms with E-state index >= 15 is 0 Å². The van der Waals surface area contributed by atoms with Gasteiger partial charge in [-0.25, -0.2) is 0 Å². The number of hydrogen-bond acceptors (Lipinski definition) is 7. The number of ether oxygens (including phenoxy) is 2. The first-order chi connectivity index (χ1) is 13.6.